The minimum absolute atomic E-state index is 0.549. The first kappa shape index (κ1) is 94.1. The van der Waals surface area contributed by atoms with Gasteiger partial charge in [-0.15, -0.1) is 0 Å². The number of rotatable bonds is 43. The Balaban J connectivity index is 1.26. The van der Waals surface area contributed by atoms with Crippen molar-refractivity contribution in [2.45, 2.75) is 131 Å². The molecule has 0 aliphatic rings. The van der Waals surface area contributed by atoms with E-state index in [2.05, 4.69) is 233 Å². The Bertz CT molecular complexity index is 4290. The fourth-order valence-corrected chi connectivity index (χ4v) is 83.4. The first-order valence-electron chi connectivity index (χ1n) is 41.0. The van der Waals surface area contributed by atoms with Gasteiger partial charge in [0.25, 0.3) is 0 Å². The topological polar surface area (TPSA) is 148 Å². The summed E-state index contributed by atoms with van der Waals surface area (Å²) in [5.74, 6) is 0. The largest absolute Gasteiger partial charge is 0.644 e. The monoisotopic (exact) mass is 1880 g/mol. The van der Waals surface area contributed by atoms with Gasteiger partial charge in [0.1, 0.15) is 0 Å². The average molecular weight is 1890 g/mol. The number of hydrogen-bond acceptors (Lipinski definition) is 16. The molecular weight excluding hydrogens is 1770 g/mol. The van der Waals surface area contributed by atoms with Crippen LogP contribution in [0.2, 0.25) is 131 Å². The lowest BCUT2D eigenvalue weighted by Crippen LogP contribution is -2.75. The molecule has 5 atom stereocenters. The van der Waals surface area contributed by atoms with Crippen LogP contribution < -0.4 is 57.1 Å². The zero-order valence-electron chi connectivity index (χ0n) is 72.7. The van der Waals surface area contributed by atoms with E-state index in [0.29, 0.717) is 5.19 Å². The fraction of sp³-hybridized carbons (Fsp3) is 0.233. The highest BCUT2D eigenvalue weighted by atomic mass is 28.6. The molecule has 0 aliphatic carbocycles. The van der Waals surface area contributed by atoms with Gasteiger partial charge in [0.2, 0.25) is 0 Å². The summed E-state index contributed by atoms with van der Waals surface area (Å²) in [7, 11) is -60.7. The Labute approximate surface area is 730 Å². The molecular formula is C86H120O16Si17. The molecule has 0 aromatic heterocycles. The highest BCUT2D eigenvalue weighted by Crippen LogP contribution is 2.33. The molecule has 0 radical (unpaired) electrons. The van der Waals surface area contributed by atoms with Crippen molar-refractivity contribution in [3.63, 3.8) is 0 Å². The Morgan fingerprint density at radius 3 is 0.412 bits per heavy atom. The molecule has 11 aromatic rings. The predicted octanol–water partition coefficient (Wildman–Crippen LogP) is 12.2. The fourth-order valence-electron chi connectivity index (χ4n) is 14.5. The normalized spacial score (nSPS) is 15.4. The van der Waals surface area contributed by atoms with Crippen LogP contribution in [0.15, 0.2) is 334 Å². The second kappa shape index (κ2) is 40.6. The Morgan fingerprint density at radius 1 is 0.151 bits per heavy atom. The van der Waals surface area contributed by atoms with E-state index in [0.717, 1.165) is 51.9 Å². The summed E-state index contributed by atoms with van der Waals surface area (Å²) in [6.07, 6.45) is 0. The van der Waals surface area contributed by atoms with Crippen molar-refractivity contribution in [1.82, 2.24) is 0 Å². The first-order chi connectivity index (χ1) is 56.4. The zero-order valence-corrected chi connectivity index (χ0v) is 90.4. The minimum Gasteiger partial charge on any atom is -0.430 e. The molecule has 0 aliphatic heterocycles. The Kier molecular flexibility index (Phi) is 32.1. The molecule has 0 spiro atoms. The van der Waals surface area contributed by atoms with Crippen molar-refractivity contribution >= 4 is 206 Å². The van der Waals surface area contributed by atoms with Gasteiger partial charge in [-0.25, -0.2) is 0 Å². The van der Waals surface area contributed by atoms with Crippen LogP contribution in [-0.4, -0.2) is 149 Å². The number of benzene rings is 11. The van der Waals surface area contributed by atoms with Gasteiger partial charge in [-0.3, -0.25) is 0 Å². The van der Waals surface area contributed by atoms with Crippen LogP contribution in [0.25, 0.3) is 0 Å². The smallest absolute Gasteiger partial charge is 0.430 e. The second-order valence-electron chi connectivity index (χ2n) is 34.4. The summed E-state index contributed by atoms with van der Waals surface area (Å²) >= 11 is 0. The summed E-state index contributed by atoms with van der Waals surface area (Å²) in [4.78, 5) is 0. The summed E-state index contributed by atoms with van der Waals surface area (Å²) in [5, 5.41) is 9.53. The van der Waals surface area contributed by atoms with Crippen molar-refractivity contribution in [2.75, 3.05) is 0 Å². The third-order valence-corrected chi connectivity index (χ3v) is 76.3. The molecule has 0 fully saturated rings. The average Bonchev–Trinajstić information content (AvgIpc) is 0.748. The lowest BCUT2D eigenvalue weighted by Gasteiger charge is -2.46. The van der Waals surface area contributed by atoms with Gasteiger partial charge in [-0.1, -0.05) is 334 Å². The van der Waals surface area contributed by atoms with E-state index in [1.807, 2.05) is 232 Å². The van der Waals surface area contributed by atoms with E-state index in [9.17, 15) is 0 Å². The van der Waals surface area contributed by atoms with Crippen molar-refractivity contribution < 1.29 is 65.8 Å². The van der Waals surface area contributed by atoms with Gasteiger partial charge in [0.05, 0.1) is 0 Å². The van der Waals surface area contributed by atoms with E-state index in [4.69, 9.17) is 65.8 Å². The molecule has 0 amide bonds. The second-order valence-corrected chi connectivity index (χ2v) is 90.1. The predicted molar refractivity (Wildman–Crippen MR) is 526 cm³/mol. The Morgan fingerprint density at radius 2 is 0.277 bits per heavy atom. The maximum Gasteiger partial charge on any atom is 0.644 e. The van der Waals surface area contributed by atoms with Crippen molar-refractivity contribution in [3.05, 3.63) is 334 Å². The third kappa shape index (κ3) is 25.0. The molecule has 119 heavy (non-hydrogen) atoms. The van der Waals surface area contributed by atoms with Gasteiger partial charge < -0.3 is 65.8 Å². The molecule has 5 unspecified atom stereocenters. The maximum atomic E-state index is 8.86. The highest BCUT2D eigenvalue weighted by molar-refractivity contribution is 7.05. The Hall–Kier alpha value is -5.53. The van der Waals surface area contributed by atoms with Crippen LogP contribution in [0.3, 0.4) is 0 Å². The standard InChI is InChI=1S/C86H120O16Si17/c1-103(87-113(97-108(6,7)8,76-54-32-21-33-55-76)77-56-34-22-35-57-77)92-118(86-74-52-31-53-75-86,93-104(2)88-114(98-109(9,10)11,78-58-36-23-37-59-78)79-60-38-24-39-61-79)102-119(94-105(3)89-115(99-110(12,13)14,80-62-40-25-41-63-80)81-64-42-26-43-65-81,95-106(4)90-116(100-111(15,16)17,82-66-44-27-45-67-82)83-68-46-28-47-69-83)96-107(5)91-117(101-112(18,19)20,84-70-48-29-49-71-84)85-72-50-30-51-73-85/h21-75,103-107H,1-20H3. The molecule has 11 rings (SSSR count). The van der Waals surface area contributed by atoms with Crippen LogP contribution in [0, 0.1) is 0 Å². The van der Waals surface area contributed by atoms with Crippen molar-refractivity contribution in [1.29, 1.82) is 0 Å². The third-order valence-electron chi connectivity index (χ3n) is 18.4. The molecule has 0 saturated heterocycles. The molecule has 0 heterocycles. The zero-order chi connectivity index (χ0) is 85.4. The SMILES string of the molecule is C[SiH](O[Si](O[SiH](C)O[Si](O[Si](C)(C)C)(c1ccccc1)c1ccccc1)(O[SiH](C)O[Si](O[Si](C)(C)C)(c1ccccc1)c1ccccc1)O[Si](O[SiH](C)O[Si](O[Si](C)(C)C)(c1ccccc1)c1ccccc1)(O[SiH](C)O[Si](O[Si](C)(C)C)(c1ccccc1)c1ccccc1)c1ccccc1)O[Si](O[Si](C)(C)C)(c1ccccc1)c1ccccc1. The van der Waals surface area contributed by atoms with Gasteiger partial charge >= 0.3 is 107 Å². The molecule has 16 nitrogen and oxygen atoms in total. The van der Waals surface area contributed by atoms with Gasteiger partial charge in [-0.2, -0.15) is 0 Å². The van der Waals surface area contributed by atoms with Crippen LogP contribution >= 0.6 is 0 Å². The van der Waals surface area contributed by atoms with Gasteiger partial charge in [-0.05, 0) is 183 Å². The van der Waals surface area contributed by atoms with Gasteiger partial charge in [0, 0.05) is 5.19 Å². The van der Waals surface area contributed by atoms with Crippen LogP contribution in [0.5, 0.6) is 0 Å². The maximum absolute atomic E-state index is 8.86. The van der Waals surface area contributed by atoms with Crippen LogP contribution in [-0.2, 0) is 65.8 Å². The van der Waals surface area contributed by atoms with E-state index >= 15 is 0 Å². The van der Waals surface area contributed by atoms with Crippen LogP contribution in [0.1, 0.15) is 0 Å². The quantitative estimate of drug-likeness (QED) is 0.0334. The van der Waals surface area contributed by atoms with E-state index in [1.54, 1.807) is 0 Å². The molecule has 11 aromatic carbocycles. The molecule has 0 N–H and O–H groups in total. The molecule has 0 bridgehead atoms. The van der Waals surface area contributed by atoms with Crippen molar-refractivity contribution in [3.8, 4) is 0 Å². The summed E-state index contributed by atoms with van der Waals surface area (Å²) in [6, 6.07) is 113. The molecule has 0 saturated carbocycles. The van der Waals surface area contributed by atoms with E-state index in [1.165, 1.54) is 0 Å². The van der Waals surface area contributed by atoms with E-state index in [-0.39, 0.29) is 0 Å². The summed E-state index contributed by atoms with van der Waals surface area (Å²) < 4.78 is 131. The molecule has 33 heteroatoms. The first-order valence-corrected chi connectivity index (χ1v) is 81.0. The lowest BCUT2D eigenvalue weighted by atomic mass is 10.4. The van der Waals surface area contributed by atoms with Crippen molar-refractivity contribution in [2.24, 2.45) is 0 Å². The minimum atomic E-state index is -5.50. The molecule has 628 valence electrons. The number of hydrogen-bond donors (Lipinski definition) is 0. The lowest BCUT2D eigenvalue weighted by molar-refractivity contribution is 0.0946. The summed E-state index contributed by atoms with van der Waals surface area (Å²) in [6.45, 7) is 43.3. The van der Waals surface area contributed by atoms with E-state index < -0.39 is 149 Å². The highest BCUT2D eigenvalue weighted by Gasteiger charge is 2.65. The van der Waals surface area contributed by atoms with Gasteiger partial charge in [0.15, 0.2) is 41.6 Å². The summed E-state index contributed by atoms with van der Waals surface area (Å²) in [5.41, 5.74) is 0. The van der Waals surface area contributed by atoms with Crippen LogP contribution in [0.4, 0.5) is 0 Å².